The van der Waals surface area contributed by atoms with Crippen molar-refractivity contribution in [2.75, 3.05) is 0 Å². The summed E-state index contributed by atoms with van der Waals surface area (Å²) in [5.41, 5.74) is 0.904. The zero-order valence-corrected chi connectivity index (χ0v) is 8.00. The van der Waals surface area contributed by atoms with Crippen molar-refractivity contribution in [3.05, 3.63) is 33.5 Å². The number of H-pyrrole nitrogens is 1. The number of pyridine rings is 1. The van der Waals surface area contributed by atoms with Gasteiger partial charge in [0.1, 0.15) is 5.56 Å². The van der Waals surface area contributed by atoms with Crippen molar-refractivity contribution in [1.29, 1.82) is 0 Å². The van der Waals surface area contributed by atoms with Crippen LogP contribution in [0.1, 0.15) is 5.69 Å². The summed E-state index contributed by atoms with van der Waals surface area (Å²) < 4.78 is 4.76. The van der Waals surface area contributed by atoms with Gasteiger partial charge in [-0.05, 0) is 23.7 Å². The van der Waals surface area contributed by atoms with Crippen LogP contribution in [-0.2, 0) is 0 Å². The lowest BCUT2D eigenvalue weighted by Crippen LogP contribution is -2.05. The van der Waals surface area contributed by atoms with Gasteiger partial charge < -0.3 is 9.51 Å². The van der Waals surface area contributed by atoms with Crippen molar-refractivity contribution in [2.45, 2.75) is 6.92 Å². The van der Waals surface area contributed by atoms with Crippen molar-refractivity contribution in [3.63, 3.8) is 0 Å². The summed E-state index contributed by atoms with van der Waals surface area (Å²) in [5, 5.41) is 3.37. The second kappa shape index (κ2) is 3.26. The molecule has 2 aromatic rings. The molecule has 0 radical (unpaired) electrons. The molecule has 0 saturated carbocycles. The van der Waals surface area contributed by atoms with Gasteiger partial charge in [0.25, 0.3) is 11.2 Å². The Kier molecular flexibility index (Phi) is 2.09. The van der Waals surface area contributed by atoms with Gasteiger partial charge in [0, 0.05) is 18.0 Å². The largest absolute Gasteiger partial charge is 0.364 e. The van der Waals surface area contributed by atoms with Crippen LogP contribution >= 0.6 is 11.6 Å². The molecular weight excluding hydrogens is 206 g/mol. The molecule has 1 N–H and O–H groups in total. The first-order valence-electron chi connectivity index (χ1n) is 3.86. The Balaban J connectivity index is 2.57. The van der Waals surface area contributed by atoms with Gasteiger partial charge in [-0.25, -0.2) is 0 Å². The normalized spacial score (nSPS) is 10.4. The van der Waals surface area contributed by atoms with Gasteiger partial charge in [-0.1, -0.05) is 0 Å². The molecule has 14 heavy (non-hydrogen) atoms. The molecule has 0 amide bonds. The number of nitrogens with one attached hydrogen (secondary N) is 1. The number of aromatic amines is 1. The van der Waals surface area contributed by atoms with Crippen molar-refractivity contribution in [2.24, 2.45) is 0 Å². The zero-order chi connectivity index (χ0) is 10.1. The van der Waals surface area contributed by atoms with Gasteiger partial charge in [-0.3, -0.25) is 4.79 Å². The second-order valence-electron chi connectivity index (χ2n) is 2.76. The fourth-order valence-corrected chi connectivity index (χ4v) is 1.17. The Bertz CT molecular complexity index is 517. The van der Waals surface area contributed by atoms with E-state index in [1.165, 1.54) is 12.3 Å². The number of nitrogens with zero attached hydrogens (tertiary/aromatic N) is 2. The van der Waals surface area contributed by atoms with Crippen molar-refractivity contribution in [1.82, 2.24) is 15.1 Å². The quantitative estimate of drug-likeness (QED) is 0.774. The molecule has 2 heterocycles. The third kappa shape index (κ3) is 1.54. The minimum absolute atomic E-state index is 0.0139. The van der Waals surface area contributed by atoms with Crippen LogP contribution in [0.2, 0.25) is 5.28 Å². The highest BCUT2D eigenvalue weighted by atomic mass is 35.5. The highest BCUT2D eigenvalue weighted by molar-refractivity contribution is 6.28. The smallest absolute Gasteiger partial charge is 0.264 e. The van der Waals surface area contributed by atoms with E-state index in [-0.39, 0.29) is 16.6 Å². The highest BCUT2D eigenvalue weighted by Gasteiger charge is 2.10. The van der Waals surface area contributed by atoms with Gasteiger partial charge in [0.05, 0.1) is 0 Å². The van der Waals surface area contributed by atoms with Gasteiger partial charge in [0.2, 0.25) is 0 Å². The minimum atomic E-state index is -0.179. The molecule has 2 aromatic heterocycles. The lowest BCUT2D eigenvalue weighted by Gasteiger charge is -1.94. The molecule has 5 nitrogen and oxygen atoms in total. The average Bonchev–Trinajstić information content (AvgIpc) is 2.51. The van der Waals surface area contributed by atoms with Crippen LogP contribution in [0.5, 0.6) is 0 Å². The van der Waals surface area contributed by atoms with E-state index in [9.17, 15) is 4.79 Å². The highest BCUT2D eigenvalue weighted by Crippen LogP contribution is 2.13. The maximum absolute atomic E-state index is 11.5. The summed E-state index contributed by atoms with van der Waals surface area (Å²) in [7, 11) is 0. The van der Waals surface area contributed by atoms with E-state index < -0.39 is 0 Å². The zero-order valence-electron chi connectivity index (χ0n) is 7.24. The minimum Gasteiger partial charge on any atom is -0.364 e. The van der Waals surface area contributed by atoms with Crippen molar-refractivity contribution < 1.29 is 4.52 Å². The molecule has 0 fully saturated rings. The van der Waals surface area contributed by atoms with Crippen LogP contribution in [0.4, 0.5) is 0 Å². The van der Waals surface area contributed by atoms with Crippen LogP contribution in [0.25, 0.3) is 11.5 Å². The Morgan fingerprint density at radius 3 is 2.93 bits per heavy atom. The van der Waals surface area contributed by atoms with Crippen molar-refractivity contribution >= 4 is 11.6 Å². The fraction of sp³-hybridized carbons (Fsp3) is 0.125. The van der Waals surface area contributed by atoms with Crippen LogP contribution in [-0.4, -0.2) is 15.1 Å². The predicted octanol–water partition coefficient (Wildman–Crippen LogP) is 1.39. The first kappa shape index (κ1) is 8.96. The number of rotatable bonds is 1. The van der Waals surface area contributed by atoms with Crippen LogP contribution < -0.4 is 5.43 Å². The summed E-state index contributed by atoms with van der Waals surface area (Å²) in [4.78, 5) is 18.1. The summed E-state index contributed by atoms with van der Waals surface area (Å²) in [6, 6.07) is 1.45. The third-order valence-electron chi connectivity index (χ3n) is 1.69. The molecule has 0 aromatic carbocycles. The van der Waals surface area contributed by atoms with Gasteiger partial charge in [0.15, 0.2) is 5.43 Å². The topological polar surface area (TPSA) is 71.8 Å². The Hall–Kier alpha value is -1.62. The maximum atomic E-state index is 11.5. The van der Waals surface area contributed by atoms with Crippen LogP contribution in [0.15, 0.2) is 21.6 Å². The lowest BCUT2D eigenvalue weighted by atomic mass is 10.2. The van der Waals surface area contributed by atoms with E-state index in [1.54, 1.807) is 6.92 Å². The molecule has 0 atom stereocenters. The van der Waals surface area contributed by atoms with E-state index in [1.807, 2.05) is 0 Å². The molecule has 0 aliphatic heterocycles. The van der Waals surface area contributed by atoms with E-state index in [0.717, 1.165) is 5.69 Å². The number of hydrogen-bond acceptors (Lipinski definition) is 4. The molecule has 0 saturated heterocycles. The summed E-state index contributed by atoms with van der Waals surface area (Å²) in [6.45, 7) is 1.78. The molecule has 0 unspecified atom stereocenters. The molecule has 0 aliphatic rings. The predicted molar refractivity (Wildman–Crippen MR) is 50.1 cm³/mol. The number of aromatic nitrogens is 3. The molecule has 72 valence electrons. The second-order valence-corrected chi connectivity index (χ2v) is 3.10. The standard InChI is InChI=1S/C8H6ClN3O2/c1-4-2-6(13)5(3-10-4)7-11-8(9)12-14-7/h2-3H,1H3,(H,10,13). The third-order valence-corrected chi connectivity index (χ3v) is 1.84. The average molecular weight is 212 g/mol. The number of halogens is 1. The van der Waals surface area contributed by atoms with E-state index in [4.69, 9.17) is 16.1 Å². The van der Waals surface area contributed by atoms with Crippen LogP contribution in [0.3, 0.4) is 0 Å². The molecular formula is C8H6ClN3O2. The molecule has 0 spiro atoms. The lowest BCUT2D eigenvalue weighted by molar-refractivity contribution is 0.430. The van der Waals surface area contributed by atoms with Gasteiger partial charge >= 0.3 is 0 Å². The fourth-order valence-electron chi connectivity index (χ4n) is 1.06. The number of hydrogen-bond donors (Lipinski definition) is 1. The monoisotopic (exact) mass is 211 g/mol. The molecule has 0 aliphatic carbocycles. The molecule has 0 bridgehead atoms. The summed E-state index contributed by atoms with van der Waals surface area (Å²) in [5.74, 6) is 0.122. The van der Waals surface area contributed by atoms with E-state index >= 15 is 0 Å². The summed E-state index contributed by atoms with van der Waals surface area (Å²) >= 11 is 5.47. The molecule has 6 heteroatoms. The van der Waals surface area contributed by atoms with Gasteiger partial charge in [-0.2, -0.15) is 4.98 Å². The van der Waals surface area contributed by atoms with E-state index in [2.05, 4.69) is 15.1 Å². The first-order chi connectivity index (χ1) is 6.66. The SMILES string of the molecule is Cc1cc(=O)c(-c2nc(Cl)no2)c[nH]1. The Morgan fingerprint density at radius 2 is 2.36 bits per heavy atom. The van der Waals surface area contributed by atoms with Gasteiger partial charge in [-0.15, -0.1) is 0 Å². The number of aryl methyl sites for hydroxylation is 1. The maximum Gasteiger partial charge on any atom is 0.264 e. The Labute approximate surface area is 83.7 Å². The Morgan fingerprint density at radius 1 is 1.57 bits per heavy atom. The van der Waals surface area contributed by atoms with E-state index in [0.29, 0.717) is 5.56 Å². The van der Waals surface area contributed by atoms with Crippen LogP contribution in [0, 0.1) is 6.92 Å². The molecule has 2 rings (SSSR count). The van der Waals surface area contributed by atoms with Crippen molar-refractivity contribution in [3.8, 4) is 11.5 Å². The summed E-state index contributed by atoms with van der Waals surface area (Å²) in [6.07, 6.45) is 1.52. The first-order valence-corrected chi connectivity index (χ1v) is 4.23.